The van der Waals surface area contributed by atoms with Gasteiger partial charge in [-0.2, -0.15) is 5.26 Å². The lowest BCUT2D eigenvalue weighted by atomic mass is 9.83. The van der Waals surface area contributed by atoms with E-state index in [1.807, 2.05) is 6.07 Å². The van der Waals surface area contributed by atoms with Gasteiger partial charge >= 0.3 is 5.63 Å². The molecule has 4 rings (SSSR count). The number of allylic oxidation sites excluding steroid dienone is 1. The normalized spacial score (nSPS) is 16.4. The van der Waals surface area contributed by atoms with Gasteiger partial charge < -0.3 is 14.9 Å². The molecule has 0 amide bonds. The van der Waals surface area contributed by atoms with E-state index in [-0.39, 0.29) is 11.5 Å². The molecule has 0 radical (unpaired) electrons. The molecule has 1 unspecified atom stereocenters. The fourth-order valence-corrected chi connectivity index (χ4v) is 2.96. The van der Waals surface area contributed by atoms with Gasteiger partial charge in [0, 0.05) is 23.8 Å². The maximum absolute atomic E-state index is 11.7. The van der Waals surface area contributed by atoms with Crippen molar-refractivity contribution in [2.24, 2.45) is 5.73 Å². The van der Waals surface area contributed by atoms with Crippen LogP contribution in [0.1, 0.15) is 17.0 Å². The Morgan fingerprint density at radius 2 is 2.04 bits per heavy atom. The summed E-state index contributed by atoms with van der Waals surface area (Å²) in [6.45, 7) is 0. The predicted octanol–water partition coefficient (Wildman–Crippen LogP) is 2.41. The maximum Gasteiger partial charge on any atom is 0.336 e. The molecule has 2 N–H and O–H groups in total. The first-order valence-electron chi connectivity index (χ1n) is 7.23. The van der Waals surface area contributed by atoms with Crippen LogP contribution in [0.4, 0.5) is 0 Å². The third-order valence-electron chi connectivity index (χ3n) is 3.99. The average Bonchev–Trinajstić information content (AvgIpc) is 2.61. The van der Waals surface area contributed by atoms with Crippen LogP contribution in [0.25, 0.3) is 11.0 Å². The highest BCUT2D eigenvalue weighted by atomic mass is 16.5. The highest BCUT2D eigenvalue weighted by molar-refractivity contribution is 5.84. The van der Waals surface area contributed by atoms with E-state index >= 15 is 0 Å². The van der Waals surface area contributed by atoms with Crippen LogP contribution >= 0.6 is 0 Å². The maximum atomic E-state index is 11.7. The first-order valence-corrected chi connectivity index (χ1v) is 7.23. The summed E-state index contributed by atoms with van der Waals surface area (Å²) in [5.74, 6) is -0.0135. The number of nitrogens with zero attached hydrogens (tertiary/aromatic N) is 2. The van der Waals surface area contributed by atoms with Crippen LogP contribution in [-0.2, 0) is 0 Å². The van der Waals surface area contributed by atoms with Crippen molar-refractivity contribution >= 4 is 11.0 Å². The first-order chi connectivity index (χ1) is 11.7. The molecule has 24 heavy (non-hydrogen) atoms. The topological polar surface area (TPSA) is 102 Å². The second kappa shape index (κ2) is 5.25. The second-order valence-corrected chi connectivity index (χ2v) is 5.36. The van der Waals surface area contributed by atoms with Crippen molar-refractivity contribution < 1.29 is 9.15 Å². The van der Waals surface area contributed by atoms with Gasteiger partial charge in [-0.3, -0.25) is 4.98 Å². The summed E-state index contributed by atoms with van der Waals surface area (Å²) in [6, 6.07) is 12.3. The number of fused-ring (bicyclic) bond motifs is 3. The van der Waals surface area contributed by atoms with Crippen LogP contribution in [-0.4, -0.2) is 4.98 Å². The highest BCUT2D eigenvalue weighted by Gasteiger charge is 2.33. The molecule has 1 aliphatic heterocycles. The SMILES string of the molecule is N#CC1=C(N)Oc2ccc3ccc(=O)oc3c2C1c1cccnc1. The predicted molar refractivity (Wildman–Crippen MR) is 86.0 cm³/mol. The molecule has 0 saturated heterocycles. The summed E-state index contributed by atoms with van der Waals surface area (Å²) in [4.78, 5) is 15.8. The molecule has 0 aliphatic carbocycles. The van der Waals surface area contributed by atoms with Gasteiger partial charge in [0.05, 0.1) is 11.5 Å². The highest BCUT2D eigenvalue weighted by Crippen LogP contribution is 2.44. The van der Waals surface area contributed by atoms with Crippen LogP contribution in [0.5, 0.6) is 5.75 Å². The molecule has 6 heteroatoms. The zero-order valence-corrected chi connectivity index (χ0v) is 12.4. The van der Waals surface area contributed by atoms with E-state index < -0.39 is 11.5 Å². The molecule has 1 aromatic carbocycles. The number of benzene rings is 1. The molecular weight excluding hydrogens is 306 g/mol. The summed E-state index contributed by atoms with van der Waals surface area (Å²) in [5, 5.41) is 10.3. The number of pyridine rings is 1. The van der Waals surface area contributed by atoms with Gasteiger partial charge in [-0.1, -0.05) is 6.07 Å². The number of hydrogen-bond donors (Lipinski definition) is 1. The Morgan fingerprint density at radius 3 is 2.79 bits per heavy atom. The zero-order chi connectivity index (χ0) is 16.7. The van der Waals surface area contributed by atoms with Crippen molar-refractivity contribution in [2.45, 2.75) is 5.92 Å². The Morgan fingerprint density at radius 1 is 1.21 bits per heavy atom. The summed E-state index contributed by atoms with van der Waals surface area (Å²) >= 11 is 0. The van der Waals surface area contributed by atoms with E-state index in [2.05, 4.69) is 11.1 Å². The summed E-state index contributed by atoms with van der Waals surface area (Å²) in [5.41, 5.74) is 7.47. The molecule has 0 saturated carbocycles. The van der Waals surface area contributed by atoms with E-state index in [0.717, 1.165) is 10.9 Å². The Balaban J connectivity index is 2.11. The fourth-order valence-electron chi connectivity index (χ4n) is 2.96. The van der Waals surface area contributed by atoms with Crippen LogP contribution in [0.3, 0.4) is 0 Å². The smallest absolute Gasteiger partial charge is 0.336 e. The number of rotatable bonds is 1. The standard InChI is InChI=1S/C18H11N3O3/c19-8-12-15(11-2-1-7-21-9-11)16-13(23-18(12)20)5-3-10-4-6-14(22)24-17(10)16/h1-7,9,15H,20H2. The van der Waals surface area contributed by atoms with Crippen molar-refractivity contribution in [3.05, 3.63) is 81.8 Å². The van der Waals surface area contributed by atoms with Gasteiger partial charge in [0.2, 0.25) is 5.88 Å². The minimum absolute atomic E-state index is 0.0384. The van der Waals surface area contributed by atoms with Crippen LogP contribution in [0, 0.1) is 11.3 Å². The lowest BCUT2D eigenvalue weighted by molar-refractivity contribution is 0.392. The fraction of sp³-hybridized carbons (Fsp3) is 0.0556. The van der Waals surface area contributed by atoms with Gasteiger partial charge in [0.15, 0.2) is 0 Å². The monoisotopic (exact) mass is 317 g/mol. The average molecular weight is 317 g/mol. The molecule has 0 fully saturated rings. The van der Waals surface area contributed by atoms with Gasteiger partial charge in [-0.25, -0.2) is 4.79 Å². The third-order valence-corrected chi connectivity index (χ3v) is 3.99. The zero-order valence-electron chi connectivity index (χ0n) is 12.4. The number of nitriles is 1. The minimum Gasteiger partial charge on any atom is -0.440 e. The Hall–Kier alpha value is -3.59. The molecule has 3 aromatic rings. The number of aromatic nitrogens is 1. The number of ether oxygens (including phenoxy) is 1. The van der Waals surface area contributed by atoms with E-state index in [4.69, 9.17) is 14.9 Å². The van der Waals surface area contributed by atoms with Crippen molar-refractivity contribution in [2.75, 3.05) is 0 Å². The Labute approximate surface area is 136 Å². The molecule has 1 atom stereocenters. The van der Waals surface area contributed by atoms with Crippen LogP contribution in [0.15, 0.2) is 69.5 Å². The Kier molecular flexibility index (Phi) is 3.07. The lowest BCUT2D eigenvalue weighted by Crippen LogP contribution is -2.21. The van der Waals surface area contributed by atoms with Gasteiger partial charge in [-0.05, 0) is 29.8 Å². The number of nitrogens with two attached hydrogens (primary N) is 1. The molecule has 3 heterocycles. The lowest BCUT2D eigenvalue weighted by Gasteiger charge is -2.26. The number of hydrogen-bond acceptors (Lipinski definition) is 6. The second-order valence-electron chi connectivity index (χ2n) is 5.36. The first kappa shape index (κ1) is 14.0. The molecular formula is C18H11N3O3. The minimum atomic E-state index is -0.512. The summed E-state index contributed by atoms with van der Waals surface area (Å²) in [7, 11) is 0. The van der Waals surface area contributed by atoms with Crippen molar-refractivity contribution in [1.29, 1.82) is 5.26 Å². The molecule has 6 nitrogen and oxygen atoms in total. The molecule has 0 spiro atoms. The van der Waals surface area contributed by atoms with Gasteiger partial charge in [0.1, 0.15) is 23.0 Å². The van der Waals surface area contributed by atoms with Crippen molar-refractivity contribution in [3.63, 3.8) is 0 Å². The molecule has 116 valence electrons. The van der Waals surface area contributed by atoms with Gasteiger partial charge in [0.25, 0.3) is 0 Å². The van der Waals surface area contributed by atoms with E-state index in [1.54, 1.807) is 36.7 Å². The van der Waals surface area contributed by atoms with Crippen molar-refractivity contribution in [3.8, 4) is 11.8 Å². The largest absolute Gasteiger partial charge is 0.440 e. The third kappa shape index (κ3) is 2.03. The van der Waals surface area contributed by atoms with Crippen LogP contribution in [0.2, 0.25) is 0 Å². The van der Waals surface area contributed by atoms with E-state index in [0.29, 0.717) is 16.9 Å². The van der Waals surface area contributed by atoms with Crippen LogP contribution < -0.4 is 16.1 Å². The van der Waals surface area contributed by atoms with E-state index in [9.17, 15) is 10.1 Å². The molecule has 0 bridgehead atoms. The van der Waals surface area contributed by atoms with Gasteiger partial charge in [-0.15, -0.1) is 0 Å². The summed E-state index contributed by atoms with van der Waals surface area (Å²) < 4.78 is 11.0. The Bertz CT molecular complexity index is 1080. The van der Waals surface area contributed by atoms with Crippen molar-refractivity contribution in [1.82, 2.24) is 4.98 Å². The van der Waals surface area contributed by atoms with E-state index in [1.165, 1.54) is 6.07 Å². The summed E-state index contributed by atoms with van der Waals surface area (Å²) in [6.07, 6.45) is 3.30. The molecule has 2 aromatic heterocycles. The quantitative estimate of drug-likeness (QED) is 0.691. The molecule has 1 aliphatic rings.